The number of aromatic nitrogens is 2. The van der Waals surface area contributed by atoms with E-state index in [1.165, 1.54) is 4.40 Å². The minimum absolute atomic E-state index is 0.320. The summed E-state index contributed by atoms with van der Waals surface area (Å²) in [5, 5.41) is 8.88. The molecule has 1 atom stereocenters. The summed E-state index contributed by atoms with van der Waals surface area (Å²) in [6.07, 6.45) is 3.63. The number of aromatic carboxylic acids is 1. The molecule has 0 amide bonds. The molecule has 6 nitrogen and oxygen atoms in total. The Kier molecular flexibility index (Phi) is 2.79. The normalized spacial score (nSPS) is 18.8. The van der Waals surface area contributed by atoms with E-state index >= 15 is 0 Å². The quantitative estimate of drug-likeness (QED) is 0.867. The highest BCUT2D eigenvalue weighted by molar-refractivity contribution is 5.86. The van der Waals surface area contributed by atoms with Crippen molar-refractivity contribution in [1.82, 2.24) is 9.38 Å². The van der Waals surface area contributed by atoms with Gasteiger partial charge < -0.3 is 9.84 Å². The average molecular weight is 260 g/mol. The van der Waals surface area contributed by atoms with Gasteiger partial charge in [0.2, 0.25) is 0 Å². The van der Waals surface area contributed by atoms with Gasteiger partial charge in [0.05, 0.1) is 6.61 Å². The summed E-state index contributed by atoms with van der Waals surface area (Å²) in [5.74, 6) is -0.943. The lowest BCUT2D eigenvalue weighted by Gasteiger charge is -2.09. The van der Waals surface area contributed by atoms with Gasteiger partial charge in [-0.05, 0) is 24.1 Å². The Morgan fingerprint density at radius 2 is 2.37 bits per heavy atom. The van der Waals surface area contributed by atoms with E-state index in [-0.39, 0.29) is 5.56 Å². The van der Waals surface area contributed by atoms with Crippen molar-refractivity contribution in [3.8, 4) is 0 Å². The van der Waals surface area contributed by atoms with E-state index in [1.54, 1.807) is 6.20 Å². The lowest BCUT2D eigenvalue weighted by Crippen LogP contribution is -2.22. The predicted octanol–water partition coefficient (Wildman–Crippen LogP) is 0.897. The lowest BCUT2D eigenvalue weighted by molar-refractivity contribution is 0.0694. The molecule has 1 aliphatic heterocycles. The van der Waals surface area contributed by atoms with Crippen LogP contribution in [0.4, 0.5) is 0 Å². The van der Waals surface area contributed by atoms with Crippen LogP contribution in [0.2, 0.25) is 0 Å². The molecule has 0 aromatic carbocycles. The van der Waals surface area contributed by atoms with Crippen LogP contribution < -0.4 is 5.56 Å². The minimum atomic E-state index is -1.26. The number of carboxylic acids is 1. The van der Waals surface area contributed by atoms with Crippen LogP contribution in [-0.2, 0) is 4.74 Å². The van der Waals surface area contributed by atoms with Gasteiger partial charge in [-0.25, -0.2) is 9.78 Å². The number of rotatable bonds is 2. The van der Waals surface area contributed by atoms with Crippen LogP contribution in [0.5, 0.6) is 0 Å². The first-order valence-corrected chi connectivity index (χ1v) is 5.99. The number of nitrogens with zero attached hydrogens (tertiary/aromatic N) is 2. The Balaban J connectivity index is 2.12. The molecule has 2 aromatic rings. The van der Waals surface area contributed by atoms with Crippen molar-refractivity contribution in [3.63, 3.8) is 0 Å². The van der Waals surface area contributed by atoms with Crippen LogP contribution >= 0.6 is 0 Å². The number of ether oxygens (including phenoxy) is 1. The van der Waals surface area contributed by atoms with Crippen molar-refractivity contribution in [2.75, 3.05) is 13.2 Å². The molecule has 0 saturated carbocycles. The third kappa shape index (κ3) is 2.00. The van der Waals surface area contributed by atoms with Crippen LogP contribution in [0.15, 0.2) is 29.3 Å². The predicted molar refractivity (Wildman–Crippen MR) is 66.6 cm³/mol. The summed E-state index contributed by atoms with van der Waals surface area (Å²) in [4.78, 5) is 26.8. The maximum atomic E-state index is 11.9. The Hall–Kier alpha value is -2.21. The van der Waals surface area contributed by atoms with Crippen LogP contribution in [0.25, 0.3) is 5.65 Å². The summed E-state index contributed by atoms with van der Waals surface area (Å²) < 4.78 is 6.58. The molecule has 3 rings (SSSR count). The molecule has 1 N–H and O–H groups in total. The van der Waals surface area contributed by atoms with E-state index in [4.69, 9.17) is 9.84 Å². The number of pyridine rings is 1. The van der Waals surface area contributed by atoms with Gasteiger partial charge in [-0.3, -0.25) is 9.20 Å². The van der Waals surface area contributed by atoms with Gasteiger partial charge in [-0.1, -0.05) is 0 Å². The van der Waals surface area contributed by atoms with Gasteiger partial charge in [0, 0.05) is 24.9 Å². The van der Waals surface area contributed by atoms with E-state index in [2.05, 4.69) is 4.98 Å². The maximum absolute atomic E-state index is 11.9. The summed E-state index contributed by atoms with van der Waals surface area (Å²) >= 11 is 0. The number of carboxylic acid groups (broad SMARTS) is 1. The number of hydrogen-bond donors (Lipinski definition) is 1. The summed E-state index contributed by atoms with van der Waals surface area (Å²) in [6, 6.07) is 3.63. The average Bonchev–Trinajstić information content (AvgIpc) is 2.92. The Bertz CT molecular complexity index is 701. The minimum Gasteiger partial charge on any atom is -0.477 e. The van der Waals surface area contributed by atoms with Crippen molar-refractivity contribution in [3.05, 3.63) is 46.0 Å². The highest BCUT2D eigenvalue weighted by atomic mass is 16.5. The zero-order valence-corrected chi connectivity index (χ0v) is 10.1. The number of carbonyl (C=O) groups is 1. The summed E-state index contributed by atoms with van der Waals surface area (Å²) in [7, 11) is 0. The molecule has 1 saturated heterocycles. The number of fused-ring (bicyclic) bond motifs is 1. The first-order valence-electron chi connectivity index (χ1n) is 5.99. The van der Waals surface area contributed by atoms with Crippen LogP contribution in [-0.4, -0.2) is 33.7 Å². The van der Waals surface area contributed by atoms with E-state index in [0.29, 0.717) is 18.2 Å². The zero-order valence-electron chi connectivity index (χ0n) is 10.1. The van der Waals surface area contributed by atoms with Crippen molar-refractivity contribution in [1.29, 1.82) is 0 Å². The molecule has 1 unspecified atom stereocenters. The van der Waals surface area contributed by atoms with E-state index in [9.17, 15) is 9.59 Å². The fourth-order valence-corrected chi connectivity index (χ4v) is 2.29. The van der Waals surface area contributed by atoms with Crippen LogP contribution in [0, 0.1) is 0 Å². The third-order valence-corrected chi connectivity index (χ3v) is 3.37. The molecular formula is C13H12N2O4. The molecule has 1 fully saturated rings. The molecular weight excluding hydrogens is 248 g/mol. The first-order chi connectivity index (χ1) is 9.16. The standard InChI is InChI=1S/C13H12N2O4/c16-12-10(13(17)18)6-14-11-5-8(1-3-15(11)12)9-2-4-19-7-9/h1,3,5-6,9H,2,4,7H2,(H,17,18). The van der Waals surface area contributed by atoms with Gasteiger partial charge in [0.1, 0.15) is 11.2 Å². The van der Waals surface area contributed by atoms with Crippen LogP contribution in [0.1, 0.15) is 28.3 Å². The van der Waals surface area contributed by atoms with Gasteiger partial charge in [0.25, 0.3) is 5.56 Å². The fraction of sp³-hybridized carbons (Fsp3) is 0.308. The Labute approximate surface area is 108 Å². The highest BCUT2D eigenvalue weighted by Crippen LogP contribution is 2.25. The second-order valence-corrected chi connectivity index (χ2v) is 4.53. The van der Waals surface area contributed by atoms with Gasteiger partial charge in [-0.15, -0.1) is 0 Å². The Morgan fingerprint density at radius 1 is 1.53 bits per heavy atom. The second-order valence-electron chi connectivity index (χ2n) is 4.53. The fourth-order valence-electron chi connectivity index (χ4n) is 2.29. The summed E-state index contributed by atoms with van der Waals surface area (Å²) in [6.45, 7) is 1.42. The highest BCUT2D eigenvalue weighted by Gasteiger charge is 2.19. The molecule has 19 heavy (non-hydrogen) atoms. The SMILES string of the molecule is O=C(O)c1cnc2cc(C3CCOC3)ccn2c1=O. The second kappa shape index (κ2) is 4.47. The smallest absolute Gasteiger partial charge is 0.342 e. The first kappa shape index (κ1) is 11.9. The molecule has 6 heteroatoms. The van der Waals surface area contributed by atoms with Gasteiger partial charge >= 0.3 is 5.97 Å². The molecule has 0 radical (unpaired) electrons. The van der Waals surface area contributed by atoms with Crippen molar-refractivity contribution < 1.29 is 14.6 Å². The Morgan fingerprint density at radius 3 is 3.05 bits per heavy atom. The number of hydrogen-bond acceptors (Lipinski definition) is 4. The van der Waals surface area contributed by atoms with Crippen molar-refractivity contribution >= 4 is 11.6 Å². The van der Waals surface area contributed by atoms with E-state index < -0.39 is 11.5 Å². The summed E-state index contributed by atoms with van der Waals surface area (Å²) in [5.41, 5.74) is 0.632. The largest absolute Gasteiger partial charge is 0.477 e. The van der Waals surface area contributed by atoms with Crippen molar-refractivity contribution in [2.24, 2.45) is 0 Å². The molecule has 2 aromatic heterocycles. The van der Waals surface area contributed by atoms with E-state index in [0.717, 1.165) is 24.8 Å². The monoisotopic (exact) mass is 260 g/mol. The molecule has 3 heterocycles. The van der Waals surface area contributed by atoms with Crippen LogP contribution in [0.3, 0.4) is 0 Å². The lowest BCUT2D eigenvalue weighted by atomic mass is 10.00. The maximum Gasteiger partial charge on any atom is 0.342 e. The van der Waals surface area contributed by atoms with Gasteiger partial charge in [0.15, 0.2) is 0 Å². The molecule has 98 valence electrons. The third-order valence-electron chi connectivity index (χ3n) is 3.37. The topological polar surface area (TPSA) is 80.9 Å². The molecule has 1 aliphatic rings. The van der Waals surface area contributed by atoms with Crippen molar-refractivity contribution in [2.45, 2.75) is 12.3 Å². The molecule has 0 aliphatic carbocycles. The van der Waals surface area contributed by atoms with Gasteiger partial charge in [-0.2, -0.15) is 0 Å². The molecule has 0 spiro atoms. The van der Waals surface area contributed by atoms with E-state index in [1.807, 2.05) is 12.1 Å². The molecule has 0 bridgehead atoms. The zero-order chi connectivity index (χ0) is 13.4.